The van der Waals surface area contributed by atoms with Crippen LogP contribution in [0, 0.1) is 0 Å². The van der Waals surface area contributed by atoms with Gasteiger partial charge in [-0.25, -0.2) is 0 Å². The molecule has 8 heteroatoms. The number of alkyl halides is 1. The SMILES string of the molecule is O=C(NC(Cl)Cc1ccc(Cl)cc1)c1ccc(Oc2c(C3CC3)cc3c(c2C2CC2)OCCC3C(=O)O)cc1. The van der Waals surface area contributed by atoms with Crippen LogP contribution in [0.1, 0.15) is 82.5 Å². The molecule has 0 saturated heterocycles. The van der Waals surface area contributed by atoms with Gasteiger partial charge in [0.25, 0.3) is 5.91 Å². The summed E-state index contributed by atoms with van der Waals surface area (Å²) in [4.78, 5) is 24.8. The summed E-state index contributed by atoms with van der Waals surface area (Å²) in [6.07, 6.45) is 5.14. The van der Waals surface area contributed by atoms with Crippen LogP contribution in [0.2, 0.25) is 5.02 Å². The van der Waals surface area contributed by atoms with Gasteiger partial charge in [0.1, 0.15) is 22.7 Å². The van der Waals surface area contributed by atoms with E-state index in [0.29, 0.717) is 53.4 Å². The van der Waals surface area contributed by atoms with E-state index in [9.17, 15) is 14.7 Å². The van der Waals surface area contributed by atoms with Gasteiger partial charge in [0.15, 0.2) is 0 Å². The Bertz CT molecular complexity index is 1400. The number of ether oxygens (including phenoxy) is 2. The van der Waals surface area contributed by atoms with Crippen molar-refractivity contribution in [3.05, 3.63) is 87.4 Å². The van der Waals surface area contributed by atoms with Crippen molar-refractivity contribution in [3.63, 3.8) is 0 Å². The summed E-state index contributed by atoms with van der Waals surface area (Å²) in [5.41, 5.74) is 3.75. The van der Waals surface area contributed by atoms with E-state index < -0.39 is 17.4 Å². The highest BCUT2D eigenvalue weighted by molar-refractivity contribution is 6.30. The predicted molar refractivity (Wildman–Crippen MR) is 150 cm³/mol. The van der Waals surface area contributed by atoms with E-state index in [1.54, 1.807) is 36.4 Å². The molecule has 2 N–H and O–H groups in total. The number of carbonyl (C=O) groups is 2. The molecule has 0 bridgehead atoms. The maximum atomic E-state index is 12.8. The van der Waals surface area contributed by atoms with Gasteiger partial charge in [0, 0.05) is 28.1 Å². The van der Waals surface area contributed by atoms with Crippen LogP contribution in [0.5, 0.6) is 17.2 Å². The van der Waals surface area contributed by atoms with E-state index in [2.05, 4.69) is 5.32 Å². The van der Waals surface area contributed by atoms with E-state index in [1.807, 2.05) is 18.2 Å². The normalized spacial score (nSPS) is 19.0. The summed E-state index contributed by atoms with van der Waals surface area (Å²) < 4.78 is 12.6. The monoisotopic (exact) mass is 565 g/mol. The van der Waals surface area contributed by atoms with E-state index >= 15 is 0 Å². The Labute approximate surface area is 237 Å². The molecular formula is C31H29Cl2NO5. The zero-order chi connectivity index (χ0) is 27.1. The van der Waals surface area contributed by atoms with Gasteiger partial charge >= 0.3 is 5.97 Å². The van der Waals surface area contributed by atoms with Crippen LogP contribution in [-0.4, -0.2) is 29.1 Å². The number of hydrogen-bond acceptors (Lipinski definition) is 4. The number of aliphatic carboxylic acids is 1. The first-order valence-electron chi connectivity index (χ1n) is 13.4. The van der Waals surface area contributed by atoms with Crippen LogP contribution in [-0.2, 0) is 11.2 Å². The highest BCUT2D eigenvalue weighted by Crippen LogP contribution is 2.58. The lowest BCUT2D eigenvalue weighted by Gasteiger charge is -2.28. The van der Waals surface area contributed by atoms with Crippen molar-refractivity contribution in [2.45, 2.75) is 61.8 Å². The second-order valence-corrected chi connectivity index (χ2v) is 11.6. The molecule has 0 radical (unpaired) electrons. The van der Waals surface area contributed by atoms with E-state index in [0.717, 1.165) is 53.7 Å². The Morgan fingerprint density at radius 3 is 2.31 bits per heavy atom. The predicted octanol–water partition coefficient (Wildman–Crippen LogP) is 7.38. The van der Waals surface area contributed by atoms with Crippen LogP contribution in [0.25, 0.3) is 0 Å². The molecule has 2 aliphatic carbocycles. The first-order valence-corrected chi connectivity index (χ1v) is 14.2. The number of carbonyl (C=O) groups excluding carboxylic acids is 1. The second kappa shape index (κ2) is 10.7. The van der Waals surface area contributed by atoms with Gasteiger partial charge in [-0.3, -0.25) is 9.59 Å². The largest absolute Gasteiger partial charge is 0.493 e. The summed E-state index contributed by atoms with van der Waals surface area (Å²) in [6, 6.07) is 16.4. The van der Waals surface area contributed by atoms with Crippen molar-refractivity contribution in [1.82, 2.24) is 5.32 Å². The zero-order valence-electron chi connectivity index (χ0n) is 21.3. The van der Waals surface area contributed by atoms with Crippen LogP contribution in [0.4, 0.5) is 0 Å². The number of rotatable bonds is 9. The van der Waals surface area contributed by atoms with Gasteiger partial charge in [0.2, 0.25) is 0 Å². The number of fused-ring (bicyclic) bond motifs is 1. The Balaban J connectivity index is 1.22. The van der Waals surface area contributed by atoms with Gasteiger partial charge in [-0.1, -0.05) is 35.3 Å². The maximum absolute atomic E-state index is 12.8. The molecular weight excluding hydrogens is 537 g/mol. The first kappa shape index (κ1) is 26.0. The quantitative estimate of drug-likeness (QED) is 0.209. The third-order valence-corrected chi connectivity index (χ3v) is 8.12. The Hall–Kier alpha value is -3.22. The molecule has 39 heavy (non-hydrogen) atoms. The average molecular weight is 566 g/mol. The average Bonchev–Trinajstić information content (AvgIpc) is 3.84. The molecule has 0 aromatic heterocycles. The highest BCUT2D eigenvalue weighted by Gasteiger charge is 2.41. The minimum atomic E-state index is -0.807. The van der Waals surface area contributed by atoms with E-state index in [4.69, 9.17) is 32.7 Å². The third-order valence-electron chi connectivity index (χ3n) is 7.61. The van der Waals surface area contributed by atoms with E-state index in [-0.39, 0.29) is 5.91 Å². The molecule has 2 atom stereocenters. The van der Waals surface area contributed by atoms with Gasteiger partial charge in [-0.05, 0) is 97.5 Å². The number of carboxylic acids is 1. The van der Waals surface area contributed by atoms with E-state index in [1.165, 1.54) is 0 Å². The molecule has 2 fully saturated rings. The second-order valence-electron chi connectivity index (χ2n) is 10.6. The number of halogens is 2. The van der Waals surface area contributed by atoms with Gasteiger partial charge in [-0.2, -0.15) is 0 Å². The Kier molecular flexibility index (Phi) is 7.17. The molecule has 0 spiro atoms. The molecule has 3 aromatic rings. The minimum absolute atomic E-state index is 0.269. The number of benzene rings is 3. The number of amides is 1. The lowest BCUT2D eigenvalue weighted by molar-refractivity contribution is -0.139. The van der Waals surface area contributed by atoms with Crippen molar-refractivity contribution in [2.75, 3.05) is 6.61 Å². The molecule has 3 aromatic carbocycles. The van der Waals surface area contributed by atoms with Gasteiger partial charge < -0.3 is 19.9 Å². The maximum Gasteiger partial charge on any atom is 0.311 e. The number of carboxylic acid groups (broad SMARTS) is 1. The first-order chi connectivity index (χ1) is 18.9. The van der Waals surface area contributed by atoms with Crippen molar-refractivity contribution in [1.29, 1.82) is 0 Å². The van der Waals surface area contributed by atoms with Gasteiger partial charge in [-0.15, -0.1) is 0 Å². The Morgan fingerprint density at radius 1 is 0.974 bits per heavy atom. The van der Waals surface area contributed by atoms with Crippen molar-refractivity contribution < 1.29 is 24.2 Å². The summed E-state index contributed by atoms with van der Waals surface area (Å²) in [5, 5.41) is 13.3. The molecule has 1 heterocycles. The topological polar surface area (TPSA) is 84.9 Å². The molecule has 202 valence electrons. The zero-order valence-corrected chi connectivity index (χ0v) is 22.8. The summed E-state index contributed by atoms with van der Waals surface area (Å²) in [6.45, 7) is 0.384. The molecule has 3 aliphatic rings. The lowest BCUT2D eigenvalue weighted by Crippen LogP contribution is -2.32. The fraction of sp³-hybridized carbons (Fsp3) is 0.355. The van der Waals surface area contributed by atoms with Crippen molar-refractivity contribution in [3.8, 4) is 17.2 Å². The van der Waals surface area contributed by atoms with Crippen LogP contribution in [0.15, 0.2) is 54.6 Å². The number of nitrogens with one attached hydrogen (secondary N) is 1. The lowest BCUT2D eigenvalue weighted by atomic mass is 9.86. The van der Waals surface area contributed by atoms with Crippen molar-refractivity contribution in [2.24, 2.45) is 0 Å². The molecule has 6 nitrogen and oxygen atoms in total. The summed E-state index contributed by atoms with van der Waals surface area (Å²) >= 11 is 12.3. The fourth-order valence-electron chi connectivity index (χ4n) is 5.27. The fourth-order valence-corrected chi connectivity index (χ4v) is 5.68. The van der Waals surface area contributed by atoms with Gasteiger partial charge in [0.05, 0.1) is 12.5 Å². The Morgan fingerprint density at radius 2 is 1.67 bits per heavy atom. The highest BCUT2D eigenvalue weighted by atomic mass is 35.5. The molecule has 2 unspecified atom stereocenters. The summed E-state index contributed by atoms with van der Waals surface area (Å²) in [7, 11) is 0. The smallest absolute Gasteiger partial charge is 0.311 e. The van der Waals surface area contributed by atoms with Crippen LogP contribution in [0.3, 0.4) is 0 Å². The van der Waals surface area contributed by atoms with Crippen LogP contribution >= 0.6 is 23.2 Å². The van der Waals surface area contributed by atoms with Crippen LogP contribution < -0.4 is 14.8 Å². The minimum Gasteiger partial charge on any atom is -0.493 e. The number of hydrogen-bond donors (Lipinski definition) is 2. The standard InChI is InChI=1S/C31H29Cl2NO5/c32-21-9-1-17(2-10-21)15-26(33)34-30(35)20-7-11-22(12-8-20)39-29-24(18-3-4-18)16-25-23(31(36)37)13-14-38-28(25)27(29)19-5-6-19/h1-2,7-12,16,18-19,23,26H,3-6,13-15H2,(H,34,35)(H,36,37). The molecule has 1 amide bonds. The molecule has 6 rings (SSSR count). The summed E-state index contributed by atoms with van der Waals surface area (Å²) in [5.74, 6) is 1.15. The molecule has 1 aliphatic heterocycles. The third kappa shape index (κ3) is 5.73. The van der Waals surface area contributed by atoms with Crippen molar-refractivity contribution >= 4 is 35.1 Å². The molecule has 2 saturated carbocycles.